The van der Waals surface area contributed by atoms with Crippen LogP contribution in [0.1, 0.15) is 30.5 Å². The standard InChI is InChI=1S/C23H32N4O4/c1-18(28)27-7-6-19-4-2-3-5-20(19)21(27)16-22(29)25-8-10-26(11-9-25)23(30)17-24-12-14-31-15-13-24/h2-5,21H,6-17H2,1H3. The molecule has 8 heteroatoms. The van der Waals surface area contributed by atoms with Crippen LogP contribution in [0.4, 0.5) is 0 Å². The Kier molecular flexibility index (Phi) is 6.87. The van der Waals surface area contributed by atoms with E-state index < -0.39 is 0 Å². The molecule has 4 rings (SSSR count). The second-order valence-corrected chi connectivity index (χ2v) is 8.53. The predicted molar refractivity (Wildman–Crippen MR) is 115 cm³/mol. The van der Waals surface area contributed by atoms with Crippen LogP contribution in [-0.4, -0.2) is 103 Å². The van der Waals surface area contributed by atoms with Gasteiger partial charge in [0, 0.05) is 52.7 Å². The summed E-state index contributed by atoms with van der Waals surface area (Å²) in [7, 11) is 0. The lowest BCUT2D eigenvalue weighted by atomic mass is 9.90. The Morgan fingerprint density at radius 3 is 2.23 bits per heavy atom. The van der Waals surface area contributed by atoms with Crippen LogP contribution in [0.2, 0.25) is 0 Å². The lowest BCUT2D eigenvalue weighted by molar-refractivity contribution is -0.142. The van der Waals surface area contributed by atoms with Crippen molar-refractivity contribution in [1.82, 2.24) is 19.6 Å². The van der Waals surface area contributed by atoms with Gasteiger partial charge in [-0.25, -0.2) is 0 Å². The lowest BCUT2D eigenvalue weighted by Crippen LogP contribution is -2.54. The summed E-state index contributed by atoms with van der Waals surface area (Å²) in [5.41, 5.74) is 2.30. The molecule has 3 heterocycles. The smallest absolute Gasteiger partial charge is 0.236 e. The van der Waals surface area contributed by atoms with Gasteiger partial charge in [-0.2, -0.15) is 0 Å². The summed E-state index contributed by atoms with van der Waals surface area (Å²) in [5, 5.41) is 0. The number of carbonyl (C=O) groups excluding carboxylic acids is 3. The van der Waals surface area contributed by atoms with Crippen molar-refractivity contribution in [3.63, 3.8) is 0 Å². The van der Waals surface area contributed by atoms with Crippen molar-refractivity contribution in [2.45, 2.75) is 25.8 Å². The molecular formula is C23H32N4O4. The molecule has 31 heavy (non-hydrogen) atoms. The maximum Gasteiger partial charge on any atom is 0.236 e. The molecule has 3 amide bonds. The van der Waals surface area contributed by atoms with E-state index in [2.05, 4.69) is 11.0 Å². The van der Waals surface area contributed by atoms with Gasteiger partial charge in [0.2, 0.25) is 17.7 Å². The van der Waals surface area contributed by atoms with Crippen molar-refractivity contribution in [3.05, 3.63) is 35.4 Å². The molecule has 0 aliphatic carbocycles. The van der Waals surface area contributed by atoms with Crippen molar-refractivity contribution in [2.24, 2.45) is 0 Å². The van der Waals surface area contributed by atoms with E-state index in [0.717, 1.165) is 25.1 Å². The van der Waals surface area contributed by atoms with Crippen molar-refractivity contribution in [1.29, 1.82) is 0 Å². The summed E-state index contributed by atoms with van der Waals surface area (Å²) in [6.07, 6.45) is 1.11. The number of benzene rings is 1. The Bertz CT molecular complexity index is 816. The highest BCUT2D eigenvalue weighted by Crippen LogP contribution is 2.32. The zero-order valence-corrected chi connectivity index (χ0v) is 18.3. The minimum atomic E-state index is -0.212. The third-order valence-corrected chi connectivity index (χ3v) is 6.63. The first-order valence-electron chi connectivity index (χ1n) is 11.2. The highest BCUT2D eigenvalue weighted by Gasteiger charge is 2.33. The lowest BCUT2D eigenvalue weighted by Gasteiger charge is -2.39. The van der Waals surface area contributed by atoms with Gasteiger partial charge in [0.1, 0.15) is 0 Å². The number of morpholine rings is 1. The molecule has 1 aromatic carbocycles. The Hall–Kier alpha value is -2.45. The number of amides is 3. The average molecular weight is 429 g/mol. The fraction of sp³-hybridized carbons (Fsp3) is 0.609. The van der Waals surface area contributed by atoms with E-state index in [4.69, 9.17) is 4.74 Å². The van der Waals surface area contributed by atoms with Gasteiger partial charge < -0.3 is 19.4 Å². The molecule has 0 aromatic heterocycles. The molecule has 0 N–H and O–H groups in total. The topological polar surface area (TPSA) is 73.4 Å². The molecule has 1 aromatic rings. The van der Waals surface area contributed by atoms with Crippen LogP contribution in [0.5, 0.6) is 0 Å². The van der Waals surface area contributed by atoms with Gasteiger partial charge in [0.05, 0.1) is 32.2 Å². The summed E-state index contributed by atoms with van der Waals surface area (Å²) in [5.74, 6) is 0.178. The Morgan fingerprint density at radius 2 is 1.55 bits per heavy atom. The van der Waals surface area contributed by atoms with Gasteiger partial charge in [0.15, 0.2) is 0 Å². The van der Waals surface area contributed by atoms with Crippen molar-refractivity contribution < 1.29 is 19.1 Å². The minimum absolute atomic E-state index is 0.00540. The molecule has 8 nitrogen and oxygen atoms in total. The molecule has 0 bridgehead atoms. The molecule has 3 aliphatic rings. The first kappa shape index (κ1) is 21.8. The SMILES string of the molecule is CC(=O)N1CCc2ccccc2C1CC(=O)N1CCN(C(=O)CN2CCOCC2)CC1. The largest absolute Gasteiger partial charge is 0.379 e. The maximum atomic E-state index is 13.1. The van der Waals surface area contributed by atoms with Crippen LogP contribution in [-0.2, 0) is 25.5 Å². The number of hydrogen-bond acceptors (Lipinski definition) is 5. The Morgan fingerprint density at radius 1 is 0.903 bits per heavy atom. The van der Waals surface area contributed by atoms with E-state index >= 15 is 0 Å². The van der Waals surface area contributed by atoms with Crippen LogP contribution in [0.3, 0.4) is 0 Å². The quantitative estimate of drug-likeness (QED) is 0.699. The molecule has 3 aliphatic heterocycles. The van der Waals surface area contributed by atoms with Gasteiger partial charge in [0.25, 0.3) is 0 Å². The van der Waals surface area contributed by atoms with Gasteiger partial charge in [-0.05, 0) is 17.5 Å². The third-order valence-electron chi connectivity index (χ3n) is 6.63. The van der Waals surface area contributed by atoms with E-state index in [0.29, 0.717) is 52.5 Å². The zero-order chi connectivity index (χ0) is 21.8. The molecule has 168 valence electrons. The fourth-order valence-electron chi connectivity index (χ4n) is 4.80. The van der Waals surface area contributed by atoms with E-state index in [-0.39, 0.29) is 30.2 Å². The first-order chi connectivity index (χ1) is 15.0. The number of carbonyl (C=O) groups is 3. The molecule has 2 saturated heterocycles. The molecule has 2 fully saturated rings. The zero-order valence-electron chi connectivity index (χ0n) is 18.3. The monoisotopic (exact) mass is 428 g/mol. The summed E-state index contributed by atoms with van der Waals surface area (Å²) >= 11 is 0. The number of piperazine rings is 1. The Balaban J connectivity index is 1.33. The third kappa shape index (κ3) is 5.07. The fourth-order valence-corrected chi connectivity index (χ4v) is 4.80. The Labute approximate surface area is 183 Å². The van der Waals surface area contributed by atoms with Gasteiger partial charge in [-0.15, -0.1) is 0 Å². The predicted octanol–water partition coefficient (Wildman–Crippen LogP) is 0.525. The number of hydrogen-bond donors (Lipinski definition) is 0. The molecule has 0 radical (unpaired) electrons. The van der Waals surface area contributed by atoms with E-state index in [1.165, 1.54) is 5.56 Å². The average Bonchev–Trinajstić information content (AvgIpc) is 2.79. The molecule has 0 saturated carbocycles. The highest BCUT2D eigenvalue weighted by molar-refractivity contribution is 5.81. The first-order valence-corrected chi connectivity index (χ1v) is 11.2. The number of nitrogens with zero attached hydrogens (tertiary/aromatic N) is 4. The number of ether oxygens (including phenoxy) is 1. The highest BCUT2D eigenvalue weighted by atomic mass is 16.5. The van der Waals surface area contributed by atoms with E-state index in [9.17, 15) is 14.4 Å². The second-order valence-electron chi connectivity index (χ2n) is 8.53. The van der Waals surface area contributed by atoms with E-state index in [1.807, 2.05) is 32.9 Å². The van der Waals surface area contributed by atoms with Crippen LogP contribution >= 0.6 is 0 Å². The number of rotatable bonds is 4. The van der Waals surface area contributed by atoms with E-state index in [1.54, 1.807) is 6.92 Å². The van der Waals surface area contributed by atoms with Crippen LogP contribution in [0.25, 0.3) is 0 Å². The van der Waals surface area contributed by atoms with Gasteiger partial charge in [-0.1, -0.05) is 24.3 Å². The van der Waals surface area contributed by atoms with Gasteiger partial charge in [-0.3, -0.25) is 19.3 Å². The minimum Gasteiger partial charge on any atom is -0.379 e. The van der Waals surface area contributed by atoms with Gasteiger partial charge >= 0.3 is 0 Å². The molecule has 1 unspecified atom stereocenters. The normalized spacial score (nSPS) is 22.2. The molecule has 1 atom stereocenters. The van der Waals surface area contributed by atoms with Crippen LogP contribution < -0.4 is 0 Å². The van der Waals surface area contributed by atoms with Crippen LogP contribution in [0.15, 0.2) is 24.3 Å². The summed E-state index contributed by atoms with van der Waals surface area (Å²) in [6, 6.07) is 7.89. The summed E-state index contributed by atoms with van der Waals surface area (Å²) in [4.78, 5) is 45.6. The number of fused-ring (bicyclic) bond motifs is 1. The van der Waals surface area contributed by atoms with Crippen molar-refractivity contribution in [2.75, 3.05) is 65.6 Å². The van der Waals surface area contributed by atoms with Crippen molar-refractivity contribution in [3.8, 4) is 0 Å². The maximum absolute atomic E-state index is 13.1. The summed E-state index contributed by atoms with van der Waals surface area (Å²) < 4.78 is 5.34. The molecular weight excluding hydrogens is 396 g/mol. The van der Waals surface area contributed by atoms with Crippen molar-refractivity contribution >= 4 is 17.7 Å². The second kappa shape index (κ2) is 9.78. The summed E-state index contributed by atoms with van der Waals surface area (Å²) in [6.45, 7) is 7.79. The molecule has 0 spiro atoms. The van der Waals surface area contributed by atoms with Crippen LogP contribution in [0, 0.1) is 0 Å².